The first kappa shape index (κ1) is 19.5. The van der Waals surface area contributed by atoms with Crippen molar-refractivity contribution in [3.63, 3.8) is 0 Å². The molecule has 2 bridgehead atoms. The normalized spacial score (nSPS) is 14.8. The van der Waals surface area contributed by atoms with Crippen molar-refractivity contribution in [2.45, 2.75) is 26.5 Å². The highest BCUT2D eigenvalue weighted by Crippen LogP contribution is 2.35. The van der Waals surface area contributed by atoms with Crippen LogP contribution in [0, 0.1) is 18.3 Å². The lowest BCUT2D eigenvalue weighted by molar-refractivity contribution is 0.226. The quantitative estimate of drug-likeness (QED) is 0.443. The van der Waals surface area contributed by atoms with Gasteiger partial charge in [-0.2, -0.15) is 19.8 Å². The zero-order valence-corrected chi connectivity index (χ0v) is 17.6. The molecule has 1 aromatic carbocycles. The minimum atomic E-state index is -0.531. The molecule has 4 aromatic rings. The van der Waals surface area contributed by atoms with Gasteiger partial charge >= 0.3 is 5.69 Å². The van der Waals surface area contributed by atoms with Crippen LogP contribution in [0.4, 0.5) is 5.82 Å². The monoisotopic (exact) mass is 429 g/mol. The van der Waals surface area contributed by atoms with Crippen molar-refractivity contribution in [1.29, 1.82) is 5.26 Å². The Morgan fingerprint density at radius 2 is 2.12 bits per heavy atom. The van der Waals surface area contributed by atoms with E-state index in [1.807, 2.05) is 32.0 Å². The van der Waals surface area contributed by atoms with Crippen LogP contribution in [0.3, 0.4) is 0 Å². The molecule has 0 aliphatic carbocycles. The van der Waals surface area contributed by atoms with Crippen molar-refractivity contribution < 1.29 is 4.74 Å². The first-order chi connectivity index (χ1) is 15.4. The minimum absolute atomic E-state index is 0.113. The summed E-state index contributed by atoms with van der Waals surface area (Å²) >= 11 is 0. The summed E-state index contributed by atoms with van der Waals surface area (Å²) in [4.78, 5) is 18.4. The van der Waals surface area contributed by atoms with Crippen LogP contribution in [-0.4, -0.2) is 34.6 Å². The number of ether oxygens (including phenoxy) is 1. The largest absolute Gasteiger partial charge is 0.482 e. The maximum Gasteiger partial charge on any atom is 0.388 e. The smallest absolute Gasteiger partial charge is 0.388 e. The van der Waals surface area contributed by atoms with Crippen molar-refractivity contribution in [3.8, 4) is 28.6 Å². The van der Waals surface area contributed by atoms with Crippen LogP contribution in [0.5, 0.6) is 5.75 Å². The lowest BCUT2D eigenvalue weighted by Crippen LogP contribution is -2.25. The van der Waals surface area contributed by atoms with Crippen LogP contribution in [0.15, 0.2) is 35.3 Å². The highest BCUT2D eigenvalue weighted by Gasteiger charge is 2.25. The van der Waals surface area contributed by atoms with Crippen LogP contribution < -0.4 is 16.2 Å². The number of nitrogens with zero attached hydrogens (tertiary/aromatic N) is 8. The summed E-state index contributed by atoms with van der Waals surface area (Å²) in [5.41, 5.74) is 9.99. The molecule has 0 spiro atoms. The fourth-order valence-corrected chi connectivity index (χ4v) is 3.99. The van der Waals surface area contributed by atoms with Gasteiger partial charge in [-0.25, -0.2) is 9.78 Å². The van der Waals surface area contributed by atoms with E-state index in [2.05, 4.69) is 26.5 Å². The first-order valence-electron chi connectivity index (χ1n) is 9.89. The fraction of sp³-hybridized carbons (Fsp3) is 0.238. The third-order valence-corrected chi connectivity index (χ3v) is 5.49. The molecule has 0 unspecified atom stereocenters. The van der Waals surface area contributed by atoms with Crippen LogP contribution in [0.25, 0.3) is 16.8 Å². The fourth-order valence-electron chi connectivity index (χ4n) is 3.99. The average Bonchev–Trinajstić information content (AvgIpc) is 3.27. The van der Waals surface area contributed by atoms with E-state index in [4.69, 9.17) is 10.5 Å². The summed E-state index contributed by atoms with van der Waals surface area (Å²) in [7, 11) is 1.68. The van der Waals surface area contributed by atoms with Gasteiger partial charge in [0.25, 0.3) is 0 Å². The standard InChI is InChI=1S/C21H19N9O2/c1-11-4-5-16-14(6-11)12(2)32-18-7-13(9-24-20(18)23)19-15(26-28(3)17(19)8-22)10-29-27-25-21(31)30(16)29/h4-7,9,12H,10H2,1-3H3,(H2,23,24)/t12-/m1/s1. The summed E-state index contributed by atoms with van der Waals surface area (Å²) in [6.45, 7) is 3.94. The summed E-state index contributed by atoms with van der Waals surface area (Å²) in [5, 5.41) is 22.1. The molecule has 1 aliphatic rings. The van der Waals surface area contributed by atoms with Crippen molar-refractivity contribution in [3.05, 3.63) is 63.5 Å². The predicted octanol–water partition coefficient (Wildman–Crippen LogP) is 1.49. The molecular weight excluding hydrogens is 410 g/mol. The van der Waals surface area contributed by atoms with Gasteiger partial charge in [0.05, 0.1) is 11.4 Å². The number of anilines is 1. The second-order valence-corrected chi connectivity index (χ2v) is 7.65. The van der Waals surface area contributed by atoms with Gasteiger partial charge in [0.15, 0.2) is 11.6 Å². The van der Waals surface area contributed by atoms with Crippen LogP contribution >= 0.6 is 0 Å². The maximum atomic E-state index is 12.7. The first-order valence-corrected chi connectivity index (χ1v) is 9.89. The number of rotatable bonds is 0. The summed E-state index contributed by atoms with van der Waals surface area (Å²) < 4.78 is 9.08. The Hall–Kier alpha value is -4.46. The van der Waals surface area contributed by atoms with Gasteiger partial charge < -0.3 is 10.5 Å². The molecule has 2 N–H and O–H groups in total. The van der Waals surface area contributed by atoms with Gasteiger partial charge in [0.1, 0.15) is 24.4 Å². The van der Waals surface area contributed by atoms with E-state index in [-0.39, 0.29) is 12.4 Å². The molecule has 0 fully saturated rings. The number of nitriles is 1. The molecule has 11 heteroatoms. The highest BCUT2D eigenvalue weighted by atomic mass is 16.5. The third-order valence-electron chi connectivity index (χ3n) is 5.49. The van der Waals surface area contributed by atoms with Crippen LogP contribution in [-0.2, 0) is 13.6 Å². The zero-order valence-electron chi connectivity index (χ0n) is 17.6. The molecule has 160 valence electrons. The molecule has 3 aromatic heterocycles. The molecule has 0 saturated carbocycles. The number of tetrazole rings is 1. The van der Waals surface area contributed by atoms with E-state index < -0.39 is 11.8 Å². The van der Waals surface area contributed by atoms with E-state index in [9.17, 15) is 10.1 Å². The van der Waals surface area contributed by atoms with Crippen molar-refractivity contribution >= 4 is 5.82 Å². The lowest BCUT2D eigenvalue weighted by Gasteiger charge is -2.21. The SMILES string of the molecule is Cc1ccc2c(c1)[C@@H](C)Oc1cc(cnc1N)-c1c(nn(C)c1C#N)Cn1nnc(=O)n1-2. The van der Waals surface area contributed by atoms with Crippen molar-refractivity contribution in [1.82, 2.24) is 34.6 Å². The Morgan fingerprint density at radius 1 is 1.31 bits per heavy atom. The summed E-state index contributed by atoms with van der Waals surface area (Å²) in [6, 6.07) is 9.62. The average molecular weight is 429 g/mol. The molecular formula is C21H19N9O2. The molecule has 0 radical (unpaired) electrons. The molecule has 0 amide bonds. The number of benzene rings is 1. The second kappa shape index (κ2) is 7.05. The van der Waals surface area contributed by atoms with Gasteiger partial charge in [-0.1, -0.05) is 22.8 Å². The molecule has 11 nitrogen and oxygen atoms in total. The predicted molar refractivity (Wildman–Crippen MR) is 114 cm³/mol. The molecule has 0 saturated heterocycles. The molecule has 4 heterocycles. The second-order valence-electron chi connectivity index (χ2n) is 7.65. The van der Waals surface area contributed by atoms with Gasteiger partial charge in [-0.05, 0) is 31.2 Å². The van der Waals surface area contributed by atoms with E-state index in [1.54, 1.807) is 19.3 Å². The van der Waals surface area contributed by atoms with Crippen molar-refractivity contribution in [2.75, 3.05) is 5.73 Å². The minimum Gasteiger partial charge on any atom is -0.482 e. The number of fused-ring (bicyclic) bond motifs is 7. The van der Waals surface area contributed by atoms with Crippen LogP contribution in [0.2, 0.25) is 0 Å². The Kier molecular flexibility index (Phi) is 4.30. The third kappa shape index (κ3) is 2.92. The topological polar surface area (TPSA) is 142 Å². The van der Waals surface area contributed by atoms with E-state index in [0.717, 1.165) is 11.1 Å². The summed E-state index contributed by atoms with van der Waals surface area (Å²) in [5.74, 6) is 0.598. The molecule has 1 aliphatic heterocycles. The van der Waals surface area contributed by atoms with Gasteiger partial charge in [0.2, 0.25) is 0 Å². The Morgan fingerprint density at radius 3 is 2.91 bits per heavy atom. The Balaban J connectivity index is 1.86. The number of aryl methyl sites for hydroxylation is 2. The summed E-state index contributed by atoms with van der Waals surface area (Å²) in [6.07, 6.45) is 1.11. The number of hydrogen-bond acceptors (Lipinski definition) is 8. The Bertz CT molecular complexity index is 1470. The highest BCUT2D eigenvalue weighted by molar-refractivity contribution is 5.73. The molecule has 1 atom stereocenters. The number of nitrogen functional groups attached to an aromatic ring is 1. The van der Waals surface area contributed by atoms with Gasteiger partial charge in [-0.3, -0.25) is 4.68 Å². The number of nitrogens with two attached hydrogens (primary N) is 1. The molecule has 32 heavy (non-hydrogen) atoms. The Labute approximate surface area is 182 Å². The van der Waals surface area contributed by atoms with Crippen molar-refractivity contribution in [2.24, 2.45) is 7.05 Å². The van der Waals surface area contributed by atoms with Crippen LogP contribution in [0.1, 0.15) is 35.5 Å². The van der Waals surface area contributed by atoms with E-state index >= 15 is 0 Å². The van der Waals surface area contributed by atoms with E-state index in [0.29, 0.717) is 34.0 Å². The maximum absolute atomic E-state index is 12.7. The number of pyridine rings is 1. The number of hydrogen-bond donors (Lipinski definition) is 1. The van der Waals surface area contributed by atoms with Gasteiger partial charge in [-0.15, -0.1) is 0 Å². The zero-order chi connectivity index (χ0) is 22.6. The lowest BCUT2D eigenvalue weighted by atomic mass is 10.0. The number of aromatic nitrogens is 7. The molecule has 5 rings (SSSR count). The van der Waals surface area contributed by atoms with E-state index in [1.165, 1.54) is 14.2 Å². The van der Waals surface area contributed by atoms with Gasteiger partial charge in [0, 0.05) is 29.9 Å².